The number of likely N-dealkylation sites (tertiary alicyclic amines) is 1. The molecule has 1 atom stereocenters. The number of aromatic nitrogens is 3. The number of rotatable bonds is 5. The molecule has 7 nitrogen and oxygen atoms in total. The van der Waals surface area contributed by atoms with Gasteiger partial charge in [0.1, 0.15) is 12.3 Å². The molecular weight excluding hydrogens is 404 g/mol. The molecule has 3 aromatic rings. The molecule has 0 spiro atoms. The fraction of sp³-hybridized carbons (Fsp3) is 0.364. The number of nitrogens with zero attached hydrogens (tertiary/aromatic N) is 4. The van der Waals surface area contributed by atoms with Gasteiger partial charge in [-0.3, -0.25) is 9.59 Å². The molecule has 4 rings (SSSR count). The molecular formula is C22H23ClN4O3. The highest BCUT2D eigenvalue weighted by Gasteiger charge is 2.28. The molecule has 0 unspecified atom stereocenters. The van der Waals surface area contributed by atoms with Gasteiger partial charge in [-0.25, -0.2) is 9.67 Å². The molecule has 1 fully saturated rings. The highest BCUT2D eigenvalue weighted by atomic mass is 35.5. The SMILES string of the molecule is Cc1ccc(=O)n(CC(=O)N2CCC[C@H](c3ncc(Cc4ccc(Cl)cc4)o3)C2)n1. The minimum Gasteiger partial charge on any atom is -0.445 e. The summed E-state index contributed by atoms with van der Waals surface area (Å²) in [6, 6.07) is 10.7. The Bertz CT molecular complexity index is 1090. The van der Waals surface area contributed by atoms with Crippen molar-refractivity contribution < 1.29 is 9.21 Å². The van der Waals surface area contributed by atoms with Gasteiger partial charge in [0.15, 0.2) is 5.89 Å². The van der Waals surface area contributed by atoms with Crippen LogP contribution in [0.3, 0.4) is 0 Å². The van der Waals surface area contributed by atoms with Crippen LogP contribution < -0.4 is 5.56 Å². The molecule has 1 aromatic carbocycles. The van der Waals surface area contributed by atoms with E-state index in [1.165, 1.54) is 10.7 Å². The van der Waals surface area contributed by atoms with Crippen molar-refractivity contribution in [2.24, 2.45) is 0 Å². The maximum Gasteiger partial charge on any atom is 0.267 e. The molecule has 30 heavy (non-hydrogen) atoms. The quantitative estimate of drug-likeness (QED) is 0.625. The maximum atomic E-state index is 12.7. The van der Waals surface area contributed by atoms with E-state index < -0.39 is 0 Å². The van der Waals surface area contributed by atoms with E-state index in [1.807, 2.05) is 24.3 Å². The van der Waals surface area contributed by atoms with Gasteiger partial charge in [-0.15, -0.1) is 0 Å². The van der Waals surface area contributed by atoms with E-state index in [0.29, 0.717) is 36.1 Å². The monoisotopic (exact) mass is 426 g/mol. The van der Waals surface area contributed by atoms with Gasteiger partial charge < -0.3 is 9.32 Å². The van der Waals surface area contributed by atoms with Crippen LogP contribution in [0.25, 0.3) is 0 Å². The summed E-state index contributed by atoms with van der Waals surface area (Å²) in [5, 5.41) is 4.85. The lowest BCUT2D eigenvalue weighted by Gasteiger charge is -2.31. The average Bonchev–Trinajstić information content (AvgIpc) is 3.21. The second-order valence-electron chi connectivity index (χ2n) is 7.62. The number of benzene rings is 1. The molecule has 3 heterocycles. The van der Waals surface area contributed by atoms with Crippen LogP contribution in [0.5, 0.6) is 0 Å². The van der Waals surface area contributed by atoms with Gasteiger partial charge in [0.2, 0.25) is 5.91 Å². The predicted molar refractivity (Wildman–Crippen MR) is 113 cm³/mol. The smallest absolute Gasteiger partial charge is 0.267 e. The van der Waals surface area contributed by atoms with Crippen LogP contribution in [0, 0.1) is 6.92 Å². The number of carbonyl (C=O) groups is 1. The van der Waals surface area contributed by atoms with E-state index in [1.54, 1.807) is 24.1 Å². The van der Waals surface area contributed by atoms with E-state index in [9.17, 15) is 9.59 Å². The number of carbonyl (C=O) groups excluding carboxylic acids is 1. The van der Waals surface area contributed by atoms with Crippen LogP contribution in [0.2, 0.25) is 5.02 Å². The number of oxazole rings is 1. The Morgan fingerprint density at radius 3 is 2.83 bits per heavy atom. The van der Waals surface area contributed by atoms with Crippen molar-refractivity contribution in [1.29, 1.82) is 0 Å². The zero-order chi connectivity index (χ0) is 21.1. The van der Waals surface area contributed by atoms with E-state index in [-0.39, 0.29) is 23.9 Å². The first-order valence-corrected chi connectivity index (χ1v) is 10.4. The van der Waals surface area contributed by atoms with Gasteiger partial charge >= 0.3 is 0 Å². The predicted octanol–water partition coefficient (Wildman–Crippen LogP) is 3.19. The third-order valence-electron chi connectivity index (χ3n) is 5.27. The molecule has 1 aliphatic rings. The van der Waals surface area contributed by atoms with Crippen molar-refractivity contribution in [1.82, 2.24) is 19.7 Å². The van der Waals surface area contributed by atoms with Gasteiger partial charge in [0, 0.05) is 30.6 Å². The lowest BCUT2D eigenvalue weighted by Crippen LogP contribution is -2.42. The standard InChI is InChI=1S/C22H23ClN4O3/c1-15-4-9-20(28)27(25-15)14-21(29)26-10-2-3-17(13-26)22-24-12-19(30-22)11-16-5-7-18(23)8-6-16/h4-9,12,17H,2-3,10-11,13-14H2,1H3/t17-/m0/s1. The summed E-state index contributed by atoms with van der Waals surface area (Å²) in [4.78, 5) is 30.9. The zero-order valence-electron chi connectivity index (χ0n) is 16.8. The third-order valence-corrected chi connectivity index (χ3v) is 5.52. The number of piperidine rings is 1. The van der Waals surface area contributed by atoms with Gasteiger partial charge in [0.25, 0.3) is 5.56 Å². The van der Waals surface area contributed by atoms with E-state index in [4.69, 9.17) is 16.0 Å². The van der Waals surface area contributed by atoms with Crippen molar-refractivity contribution in [3.8, 4) is 0 Å². The van der Waals surface area contributed by atoms with E-state index in [0.717, 1.165) is 24.2 Å². The van der Waals surface area contributed by atoms with Crippen LogP contribution in [0.1, 0.15) is 41.7 Å². The fourth-order valence-corrected chi connectivity index (χ4v) is 3.82. The summed E-state index contributed by atoms with van der Waals surface area (Å²) in [6.07, 6.45) is 4.16. The highest BCUT2D eigenvalue weighted by Crippen LogP contribution is 2.27. The number of amides is 1. The van der Waals surface area contributed by atoms with Crippen LogP contribution in [0.4, 0.5) is 0 Å². The van der Waals surface area contributed by atoms with Crippen molar-refractivity contribution in [3.05, 3.63) is 80.9 Å². The molecule has 2 aromatic heterocycles. The summed E-state index contributed by atoms with van der Waals surface area (Å²) >= 11 is 5.94. The maximum absolute atomic E-state index is 12.7. The minimum atomic E-state index is -0.276. The van der Waals surface area contributed by atoms with Gasteiger partial charge in [-0.2, -0.15) is 5.10 Å². The molecule has 0 N–H and O–H groups in total. The summed E-state index contributed by atoms with van der Waals surface area (Å²) in [5.74, 6) is 1.37. The van der Waals surface area contributed by atoms with Gasteiger partial charge in [-0.1, -0.05) is 23.7 Å². The molecule has 1 amide bonds. The number of hydrogen-bond acceptors (Lipinski definition) is 5. The number of halogens is 1. The Hall–Kier alpha value is -2.93. The largest absolute Gasteiger partial charge is 0.445 e. The first-order valence-electron chi connectivity index (χ1n) is 9.99. The first kappa shape index (κ1) is 20.3. The van der Waals surface area contributed by atoms with Crippen molar-refractivity contribution >= 4 is 17.5 Å². The Labute approximate surface area is 179 Å². The zero-order valence-corrected chi connectivity index (χ0v) is 17.5. The Morgan fingerprint density at radius 2 is 2.03 bits per heavy atom. The topological polar surface area (TPSA) is 81.2 Å². The van der Waals surface area contributed by atoms with Crippen molar-refractivity contribution in [3.63, 3.8) is 0 Å². The molecule has 8 heteroatoms. The second kappa shape index (κ2) is 8.83. The molecule has 1 aliphatic heterocycles. The molecule has 0 saturated carbocycles. The summed E-state index contributed by atoms with van der Waals surface area (Å²) in [6.45, 7) is 2.93. The van der Waals surface area contributed by atoms with Gasteiger partial charge in [-0.05, 0) is 43.5 Å². The molecule has 156 valence electrons. The van der Waals surface area contributed by atoms with Crippen molar-refractivity contribution in [2.45, 2.75) is 38.6 Å². The molecule has 1 saturated heterocycles. The van der Waals surface area contributed by atoms with Crippen LogP contribution in [0.15, 0.2) is 51.8 Å². The Morgan fingerprint density at radius 1 is 1.23 bits per heavy atom. The van der Waals surface area contributed by atoms with Crippen molar-refractivity contribution in [2.75, 3.05) is 13.1 Å². The minimum absolute atomic E-state index is 0.0452. The molecule has 0 radical (unpaired) electrons. The van der Waals surface area contributed by atoms with E-state index in [2.05, 4.69) is 10.1 Å². The van der Waals surface area contributed by atoms with Gasteiger partial charge in [0.05, 0.1) is 17.8 Å². The van der Waals surface area contributed by atoms with E-state index >= 15 is 0 Å². The Balaban J connectivity index is 1.40. The molecule has 0 bridgehead atoms. The van der Waals surface area contributed by atoms with Crippen LogP contribution >= 0.6 is 11.6 Å². The van der Waals surface area contributed by atoms with Crippen LogP contribution in [-0.4, -0.2) is 38.7 Å². The lowest BCUT2D eigenvalue weighted by atomic mass is 9.98. The first-order chi connectivity index (χ1) is 14.5. The molecule has 0 aliphatic carbocycles. The second-order valence-corrected chi connectivity index (χ2v) is 8.05. The number of hydrogen-bond donors (Lipinski definition) is 0. The normalized spacial score (nSPS) is 16.6. The average molecular weight is 427 g/mol. The summed E-state index contributed by atoms with van der Waals surface area (Å²) < 4.78 is 7.21. The van der Waals surface area contributed by atoms with Crippen LogP contribution in [-0.2, 0) is 17.8 Å². The fourth-order valence-electron chi connectivity index (χ4n) is 3.69. The summed E-state index contributed by atoms with van der Waals surface area (Å²) in [7, 11) is 0. The third kappa shape index (κ3) is 4.79. The lowest BCUT2D eigenvalue weighted by molar-refractivity contribution is -0.133. The number of aryl methyl sites for hydroxylation is 1. The highest BCUT2D eigenvalue weighted by molar-refractivity contribution is 6.30. The Kier molecular flexibility index (Phi) is 5.99. The summed E-state index contributed by atoms with van der Waals surface area (Å²) in [5.41, 5.74) is 1.52.